The number of anilines is 1. The van der Waals surface area contributed by atoms with E-state index in [4.69, 9.17) is 17.0 Å². The maximum Gasteiger partial charge on any atom is 0.270 e. The minimum atomic E-state index is -0.0866. The molecule has 0 spiro atoms. The number of nitrogens with zero attached hydrogens (tertiary/aromatic N) is 1. The molecule has 3 nitrogen and oxygen atoms in total. The predicted octanol–water partition coefficient (Wildman–Crippen LogP) is 6.28. The maximum atomic E-state index is 13.1. The van der Waals surface area contributed by atoms with E-state index in [1.165, 1.54) is 11.8 Å². The number of thiocarbonyl (C=S) groups is 1. The molecular formula is C24H21NO2S2. The van der Waals surface area contributed by atoms with Crippen LogP contribution in [0.3, 0.4) is 0 Å². The van der Waals surface area contributed by atoms with Crippen LogP contribution in [0.5, 0.6) is 5.75 Å². The van der Waals surface area contributed by atoms with Crippen LogP contribution in [0.4, 0.5) is 5.69 Å². The first kappa shape index (κ1) is 19.7. The predicted molar refractivity (Wildman–Crippen MR) is 126 cm³/mol. The van der Waals surface area contributed by atoms with Crippen molar-refractivity contribution in [3.63, 3.8) is 0 Å². The topological polar surface area (TPSA) is 29.5 Å². The molecule has 0 saturated carbocycles. The van der Waals surface area contributed by atoms with Crippen LogP contribution in [0.25, 0.3) is 16.8 Å². The van der Waals surface area contributed by atoms with E-state index in [2.05, 4.69) is 13.8 Å². The van der Waals surface area contributed by atoms with Crippen molar-refractivity contribution in [2.75, 3.05) is 11.5 Å². The van der Waals surface area contributed by atoms with E-state index in [1.807, 2.05) is 72.8 Å². The number of thioether (sulfide) groups is 1. The fraction of sp³-hybridized carbons (Fsp3) is 0.167. The van der Waals surface area contributed by atoms with Crippen molar-refractivity contribution in [3.05, 3.63) is 77.2 Å². The monoisotopic (exact) mass is 419 g/mol. The molecule has 0 aliphatic carbocycles. The number of fused-ring (bicyclic) bond motifs is 1. The van der Waals surface area contributed by atoms with E-state index in [9.17, 15) is 4.79 Å². The number of rotatable bonds is 5. The van der Waals surface area contributed by atoms with Crippen molar-refractivity contribution < 1.29 is 9.53 Å². The van der Waals surface area contributed by atoms with Gasteiger partial charge in [0.15, 0.2) is 4.32 Å². The highest BCUT2D eigenvalue weighted by Gasteiger charge is 2.34. The second kappa shape index (κ2) is 8.39. The van der Waals surface area contributed by atoms with Gasteiger partial charge in [-0.15, -0.1) is 0 Å². The Morgan fingerprint density at radius 1 is 1.03 bits per heavy atom. The first-order chi connectivity index (χ1) is 14.0. The molecule has 4 rings (SSSR count). The Morgan fingerprint density at radius 2 is 1.76 bits per heavy atom. The van der Waals surface area contributed by atoms with Crippen LogP contribution >= 0.6 is 24.0 Å². The van der Waals surface area contributed by atoms with Crippen molar-refractivity contribution >= 4 is 56.7 Å². The quantitative estimate of drug-likeness (QED) is 0.359. The molecule has 0 unspecified atom stereocenters. The molecule has 1 aliphatic rings. The normalized spacial score (nSPS) is 15.7. The van der Waals surface area contributed by atoms with Crippen LogP contribution in [0.1, 0.15) is 19.4 Å². The smallest absolute Gasteiger partial charge is 0.270 e. The molecule has 0 radical (unpaired) electrons. The highest BCUT2D eigenvalue weighted by Crippen LogP contribution is 2.38. The summed E-state index contributed by atoms with van der Waals surface area (Å²) in [5.74, 6) is 1.22. The average Bonchev–Trinajstić information content (AvgIpc) is 3.00. The highest BCUT2D eigenvalue weighted by atomic mass is 32.2. The van der Waals surface area contributed by atoms with E-state index in [1.54, 1.807) is 4.90 Å². The number of hydrogen-bond acceptors (Lipinski definition) is 4. The van der Waals surface area contributed by atoms with Crippen LogP contribution in [-0.2, 0) is 4.79 Å². The zero-order valence-corrected chi connectivity index (χ0v) is 17.9. The summed E-state index contributed by atoms with van der Waals surface area (Å²) in [5, 5.41) is 2.10. The van der Waals surface area contributed by atoms with E-state index in [0.717, 1.165) is 27.8 Å². The fourth-order valence-corrected chi connectivity index (χ4v) is 4.44. The van der Waals surface area contributed by atoms with Crippen LogP contribution in [0, 0.1) is 5.92 Å². The van der Waals surface area contributed by atoms with Crippen molar-refractivity contribution in [2.24, 2.45) is 5.92 Å². The zero-order chi connectivity index (χ0) is 20.4. The van der Waals surface area contributed by atoms with Crippen molar-refractivity contribution in [1.82, 2.24) is 0 Å². The van der Waals surface area contributed by atoms with Gasteiger partial charge in [-0.3, -0.25) is 9.69 Å². The molecule has 1 saturated heterocycles. The Kier molecular flexibility index (Phi) is 5.69. The molecule has 0 aromatic heterocycles. The van der Waals surface area contributed by atoms with Crippen LogP contribution in [0.15, 0.2) is 71.6 Å². The van der Waals surface area contributed by atoms with Gasteiger partial charge in [0.1, 0.15) is 5.75 Å². The van der Waals surface area contributed by atoms with Gasteiger partial charge in [-0.25, -0.2) is 0 Å². The Bertz CT molecular complexity index is 1100. The third-order valence-corrected chi connectivity index (χ3v) is 5.86. The van der Waals surface area contributed by atoms with Gasteiger partial charge in [0.25, 0.3) is 5.91 Å². The van der Waals surface area contributed by atoms with E-state index < -0.39 is 0 Å². The number of carbonyl (C=O) groups excluding carboxylic acids is 1. The summed E-state index contributed by atoms with van der Waals surface area (Å²) in [6.07, 6.45) is 1.89. The molecule has 0 N–H and O–H groups in total. The molecule has 0 atom stereocenters. The Labute approximate surface area is 180 Å². The minimum Gasteiger partial charge on any atom is -0.493 e. The molecule has 5 heteroatoms. The van der Waals surface area contributed by atoms with Gasteiger partial charge in [0, 0.05) is 5.39 Å². The van der Waals surface area contributed by atoms with Gasteiger partial charge < -0.3 is 4.74 Å². The fourth-order valence-electron chi connectivity index (χ4n) is 3.15. The molecule has 0 bridgehead atoms. The molecule has 146 valence electrons. The van der Waals surface area contributed by atoms with Crippen molar-refractivity contribution in [2.45, 2.75) is 13.8 Å². The lowest BCUT2D eigenvalue weighted by Gasteiger charge is -2.17. The third-order valence-electron chi connectivity index (χ3n) is 4.56. The lowest BCUT2D eigenvalue weighted by molar-refractivity contribution is -0.113. The van der Waals surface area contributed by atoms with E-state index in [0.29, 0.717) is 21.8 Å². The highest BCUT2D eigenvalue weighted by molar-refractivity contribution is 8.27. The Balaban J connectivity index is 1.59. The molecule has 1 aliphatic heterocycles. The molecule has 3 aromatic carbocycles. The van der Waals surface area contributed by atoms with Gasteiger partial charge in [0.05, 0.1) is 17.2 Å². The average molecular weight is 420 g/mol. The number of ether oxygens (including phenoxy) is 1. The number of hydrogen-bond donors (Lipinski definition) is 0. The summed E-state index contributed by atoms with van der Waals surface area (Å²) in [5.41, 5.74) is 1.77. The molecule has 3 aromatic rings. The summed E-state index contributed by atoms with van der Waals surface area (Å²) >= 11 is 6.88. The van der Waals surface area contributed by atoms with Gasteiger partial charge in [-0.2, -0.15) is 0 Å². The van der Waals surface area contributed by atoms with E-state index in [-0.39, 0.29) is 5.91 Å². The lowest BCUT2D eigenvalue weighted by atomic mass is 10.1. The van der Waals surface area contributed by atoms with Crippen molar-refractivity contribution in [3.8, 4) is 5.75 Å². The van der Waals surface area contributed by atoms with Gasteiger partial charge >= 0.3 is 0 Å². The summed E-state index contributed by atoms with van der Waals surface area (Å²) in [6.45, 7) is 4.92. The SMILES string of the molecule is CC(C)COc1ccc(/C=C2/SC(=S)N(c3cccc4ccccc34)C2=O)cc1. The first-order valence-electron chi connectivity index (χ1n) is 9.51. The number of carbonyl (C=O) groups is 1. The molecule has 1 amide bonds. The van der Waals surface area contributed by atoms with Gasteiger partial charge in [-0.1, -0.05) is 86.4 Å². The first-order valence-corrected chi connectivity index (χ1v) is 10.7. The molecule has 29 heavy (non-hydrogen) atoms. The molecule has 1 heterocycles. The third kappa shape index (κ3) is 4.21. The van der Waals surface area contributed by atoms with Crippen LogP contribution in [0.2, 0.25) is 0 Å². The van der Waals surface area contributed by atoms with E-state index >= 15 is 0 Å². The number of benzene rings is 3. The Morgan fingerprint density at radius 3 is 2.52 bits per heavy atom. The van der Waals surface area contributed by atoms with Crippen LogP contribution in [-0.4, -0.2) is 16.8 Å². The Hall–Kier alpha value is -2.63. The zero-order valence-electron chi connectivity index (χ0n) is 16.3. The van der Waals surface area contributed by atoms with Crippen LogP contribution < -0.4 is 9.64 Å². The van der Waals surface area contributed by atoms with Gasteiger partial charge in [0.2, 0.25) is 0 Å². The number of amides is 1. The lowest BCUT2D eigenvalue weighted by Crippen LogP contribution is -2.27. The summed E-state index contributed by atoms with van der Waals surface area (Å²) in [6, 6.07) is 21.7. The summed E-state index contributed by atoms with van der Waals surface area (Å²) < 4.78 is 6.27. The molecular weight excluding hydrogens is 398 g/mol. The second-order valence-corrected chi connectivity index (χ2v) is 8.97. The summed E-state index contributed by atoms with van der Waals surface area (Å²) in [7, 11) is 0. The van der Waals surface area contributed by atoms with Gasteiger partial charge in [-0.05, 0) is 41.1 Å². The second-order valence-electron chi connectivity index (χ2n) is 7.29. The minimum absolute atomic E-state index is 0.0866. The van der Waals surface area contributed by atoms with Crippen molar-refractivity contribution in [1.29, 1.82) is 0 Å². The standard InChI is InChI=1S/C24H21NO2S2/c1-16(2)15-27-19-12-10-17(11-13-19)14-22-23(26)25(24(28)29-22)21-9-5-7-18-6-3-4-8-20(18)21/h3-14,16H,15H2,1-2H3/b22-14+. The largest absolute Gasteiger partial charge is 0.493 e. The summed E-state index contributed by atoms with van der Waals surface area (Å²) in [4.78, 5) is 15.4. The maximum absolute atomic E-state index is 13.1. The molecule has 1 fully saturated rings.